The van der Waals surface area contributed by atoms with Gasteiger partial charge in [-0.3, -0.25) is 0 Å². The monoisotopic (exact) mass is 281 g/mol. The molecule has 0 saturated heterocycles. The van der Waals surface area contributed by atoms with Crippen LogP contribution in [0.15, 0.2) is 11.6 Å². The summed E-state index contributed by atoms with van der Waals surface area (Å²) < 4.78 is 0. The molecule has 0 rings (SSSR count). The molecular weight excluding hydrogens is 242 g/mol. The molecule has 0 aromatic rings. The molecule has 1 heteroatoms. The fourth-order valence-electron chi connectivity index (χ4n) is 2.63. The Morgan fingerprint density at radius 1 is 1.10 bits per heavy atom. The second-order valence-electron chi connectivity index (χ2n) is 7.26. The zero-order valence-electron chi connectivity index (χ0n) is 15.2. The van der Waals surface area contributed by atoms with Crippen LogP contribution >= 0.6 is 0 Å². The van der Waals surface area contributed by atoms with Crippen LogP contribution in [-0.4, -0.2) is 25.0 Å². The highest BCUT2D eigenvalue weighted by Gasteiger charge is 2.11. The van der Waals surface area contributed by atoms with Crippen LogP contribution in [0.3, 0.4) is 0 Å². The Morgan fingerprint density at radius 3 is 2.30 bits per heavy atom. The molecule has 120 valence electrons. The molecule has 2 atom stereocenters. The molecule has 1 nitrogen and oxygen atoms in total. The summed E-state index contributed by atoms with van der Waals surface area (Å²) in [6.07, 6.45) is 8.93. The van der Waals surface area contributed by atoms with Crippen LogP contribution in [0.25, 0.3) is 0 Å². The van der Waals surface area contributed by atoms with E-state index in [9.17, 15) is 0 Å². The van der Waals surface area contributed by atoms with Gasteiger partial charge in [0.25, 0.3) is 0 Å². The van der Waals surface area contributed by atoms with Gasteiger partial charge in [-0.2, -0.15) is 0 Å². The van der Waals surface area contributed by atoms with Crippen LogP contribution in [0.5, 0.6) is 0 Å². The minimum atomic E-state index is 0.816. The lowest BCUT2D eigenvalue weighted by atomic mass is 9.87. The zero-order valence-corrected chi connectivity index (χ0v) is 15.2. The average Bonchev–Trinajstić information content (AvgIpc) is 2.36. The second-order valence-corrected chi connectivity index (χ2v) is 7.26. The first-order valence-electron chi connectivity index (χ1n) is 8.70. The number of hydrogen-bond donors (Lipinski definition) is 0. The van der Waals surface area contributed by atoms with Gasteiger partial charge in [0.05, 0.1) is 0 Å². The minimum Gasteiger partial charge on any atom is -0.306 e. The number of rotatable bonds is 11. The van der Waals surface area contributed by atoms with Crippen molar-refractivity contribution in [3.63, 3.8) is 0 Å². The third-order valence-corrected chi connectivity index (χ3v) is 4.50. The largest absolute Gasteiger partial charge is 0.306 e. The van der Waals surface area contributed by atoms with E-state index in [1.54, 1.807) is 5.57 Å². The summed E-state index contributed by atoms with van der Waals surface area (Å²) in [5.41, 5.74) is 1.58. The summed E-state index contributed by atoms with van der Waals surface area (Å²) in [7, 11) is 2.23. The molecule has 0 aliphatic rings. The topological polar surface area (TPSA) is 3.24 Å². The molecule has 0 amide bonds. The van der Waals surface area contributed by atoms with Gasteiger partial charge in [-0.15, -0.1) is 0 Å². The van der Waals surface area contributed by atoms with E-state index in [-0.39, 0.29) is 0 Å². The SMILES string of the molecule is CCCN(C)CCC/C(C)=C/C[C@@H](C)CC(C)C(C)C. The molecule has 0 radical (unpaired) electrons. The maximum Gasteiger partial charge on any atom is -0.00187 e. The van der Waals surface area contributed by atoms with Crippen molar-refractivity contribution >= 4 is 0 Å². The zero-order chi connectivity index (χ0) is 15.5. The highest BCUT2D eigenvalue weighted by atomic mass is 15.1. The van der Waals surface area contributed by atoms with E-state index in [0.717, 1.165) is 17.8 Å². The van der Waals surface area contributed by atoms with E-state index < -0.39 is 0 Å². The summed E-state index contributed by atoms with van der Waals surface area (Å²) in [5, 5.41) is 0. The van der Waals surface area contributed by atoms with Gasteiger partial charge in [0.2, 0.25) is 0 Å². The van der Waals surface area contributed by atoms with Crippen molar-refractivity contribution in [3.8, 4) is 0 Å². The average molecular weight is 282 g/mol. The van der Waals surface area contributed by atoms with E-state index in [2.05, 4.69) is 59.6 Å². The molecule has 0 bridgehead atoms. The number of nitrogens with zero attached hydrogens (tertiary/aromatic N) is 1. The molecule has 0 N–H and O–H groups in total. The van der Waals surface area contributed by atoms with Gasteiger partial charge in [0.1, 0.15) is 0 Å². The number of allylic oxidation sites excluding steroid dienone is 2. The van der Waals surface area contributed by atoms with E-state index in [0.29, 0.717) is 0 Å². The summed E-state index contributed by atoms with van der Waals surface area (Å²) in [6, 6.07) is 0. The Hall–Kier alpha value is -0.300. The van der Waals surface area contributed by atoms with Gasteiger partial charge in [-0.25, -0.2) is 0 Å². The first-order valence-corrected chi connectivity index (χ1v) is 8.70. The fraction of sp³-hybridized carbons (Fsp3) is 0.895. The van der Waals surface area contributed by atoms with Crippen molar-refractivity contribution in [2.24, 2.45) is 17.8 Å². The second kappa shape index (κ2) is 11.4. The molecule has 0 saturated carbocycles. The lowest BCUT2D eigenvalue weighted by Gasteiger charge is -2.19. The quantitative estimate of drug-likeness (QED) is 0.435. The molecule has 0 aliphatic carbocycles. The van der Waals surface area contributed by atoms with Crippen molar-refractivity contribution in [2.45, 2.75) is 73.6 Å². The van der Waals surface area contributed by atoms with Crippen LogP contribution in [0.2, 0.25) is 0 Å². The molecule has 0 heterocycles. The van der Waals surface area contributed by atoms with Crippen molar-refractivity contribution in [1.82, 2.24) is 4.90 Å². The molecule has 0 spiro atoms. The predicted octanol–water partition coefficient (Wildman–Crippen LogP) is 5.76. The van der Waals surface area contributed by atoms with Crippen LogP contribution in [-0.2, 0) is 0 Å². The smallest absolute Gasteiger partial charge is 0.00187 e. The standard InChI is InChI=1S/C19H39N/c1-8-13-20(7)14-9-10-17(4)11-12-18(5)15-19(6)16(2)3/h11,16,18-19H,8-10,12-15H2,1-7H3/b17-11+/t18-,19?/m1/s1. The van der Waals surface area contributed by atoms with Gasteiger partial charge in [-0.05, 0) is 76.9 Å². The van der Waals surface area contributed by atoms with Crippen molar-refractivity contribution in [2.75, 3.05) is 20.1 Å². The Balaban J connectivity index is 3.84. The van der Waals surface area contributed by atoms with Gasteiger partial charge in [0.15, 0.2) is 0 Å². The van der Waals surface area contributed by atoms with Crippen LogP contribution in [0.4, 0.5) is 0 Å². The van der Waals surface area contributed by atoms with Crippen molar-refractivity contribution in [3.05, 3.63) is 11.6 Å². The molecule has 0 fully saturated rings. The molecule has 20 heavy (non-hydrogen) atoms. The fourth-order valence-corrected chi connectivity index (χ4v) is 2.63. The van der Waals surface area contributed by atoms with Gasteiger partial charge >= 0.3 is 0 Å². The first-order chi connectivity index (χ1) is 9.36. The maximum absolute atomic E-state index is 2.48. The van der Waals surface area contributed by atoms with Gasteiger partial charge in [-0.1, -0.05) is 46.3 Å². The van der Waals surface area contributed by atoms with E-state index >= 15 is 0 Å². The van der Waals surface area contributed by atoms with E-state index in [4.69, 9.17) is 0 Å². The third-order valence-electron chi connectivity index (χ3n) is 4.50. The normalized spacial score (nSPS) is 15.9. The Kier molecular flexibility index (Phi) is 11.2. The molecule has 0 aromatic carbocycles. The Morgan fingerprint density at radius 2 is 1.75 bits per heavy atom. The summed E-state index contributed by atoms with van der Waals surface area (Å²) in [5.74, 6) is 2.49. The lowest BCUT2D eigenvalue weighted by molar-refractivity contribution is 0.328. The highest BCUT2D eigenvalue weighted by molar-refractivity contribution is 4.98. The van der Waals surface area contributed by atoms with Crippen LogP contribution in [0.1, 0.15) is 73.6 Å². The lowest BCUT2D eigenvalue weighted by Crippen LogP contribution is -2.20. The Labute approximate surface area is 128 Å². The molecule has 0 aromatic heterocycles. The number of hydrogen-bond acceptors (Lipinski definition) is 1. The summed E-state index contributed by atoms with van der Waals surface area (Å²) in [6.45, 7) is 16.5. The van der Waals surface area contributed by atoms with Gasteiger partial charge in [0, 0.05) is 0 Å². The minimum absolute atomic E-state index is 0.816. The van der Waals surface area contributed by atoms with Crippen molar-refractivity contribution < 1.29 is 0 Å². The van der Waals surface area contributed by atoms with Crippen LogP contribution in [0, 0.1) is 17.8 Å². The molecule has 1 unspecified atom stereocenters. The van der Waals surface area contributed by atoms with Crippen molar-refractivity contribution in [1.29, 1.82) is 0 Å². The maximum atomic E-state index is 2.48. The van der Waals surface area contributed by atoms with E-state index in [1.807, 2.05) is 0 Å². The third kappa shape index (κ3) is 10.5. The summed E-state index contributed by atoms with van der Waals surface area (Å²) in [4.78, 5) is 2.44. The van der Waals surface area contributed by atoms with Gasteiger partial charge < -0.3 is 4.90 Å². The highest BCUT2D eigenvalue weighted by Crippen LogP contribution is 2.22. The summed E-state index contributed by atoms with van der Waals surface area (Å²) >= 11 is 0. The molecular formula is C19H39N. The Bertz CT molecular complexity index is 254. The van der Waals surface area contributed by atoms with Crippen LogP contribution < -0.4 is 0 Å². The molecule has 0 aliphatic heterocycles. The first kappa shape index (κ1) is 19.7. The van der Waals surface area contributed by atoms with E-state index in [1.165, 1.54) is 45.2 Å². The predicted molar refractivity (Wildman–Crippen MR) is 93.2 cm³/mol.